The van der Waals surface area contributed by atoms with Gasteiger partial charge in [-0.05, 0) is 5.56 Å². The molecule has 0 aliphatic rings. The van der Waals surface area contributed by atoms with Gasteiger partial charge in [-0.15, -0.1) is 0 Å². The van der Waals surface area contributed by atoms with Crippen molar-refractivity contribution in [2.24, 2.45) is 11.8 Å². The van der Waals surface area contributed by atoms with E-state index in [1.54, 1.807) is 0 Å². The van der Waals surface area contributed by atoms with Crippen molar-refractivity contribution in [3.63, 3.8) is 0 Å². The number of carbonyl (C=O) groups is 2. The molecule has 0 aromatic heterocycles. The lowest BCUT2D eigenvalue weighted by Crippen LogP contribution is -2.13. The summed E-state index contributed by atoms with van der Waals surface area (Å²) in [5.41, 5.74) is 1.80. The number of carbonyl (C=O) groups excluding carboxylic acids is 2. The fraction of sp³-hybridized carbons (Fsp3) is 0.500. The summed E-state index contributed by atoms with van der Waals surface area (Å²) < 4.78 is 5.12. The molecule has 19 heavy (non-hydrogen) atoms. The fourth-order valence-corrected chi connectivity index (χ4v) is 1.61. The number of ketones is 1. The van der Waals surface area contributed by atoms with Crippen LogP contribution in [0.4, 0.5) is 0 Å². The lowest BCUT2D eigenvalue weighted by molar-refractivity contribution is -0.147. The van der Waals surface area contributed by atoms with E-state index in [2.05, 4.69) is 0 Å². The van der Waals surface area contributed by atoms with Crippen LogP contribution in [0.3, 0.4) is 0 Å². The molecular weight excluding hydrogens is 240 g/mol. The van der Waals surface area contributed by atoms with Crippen molar-refractivity contribution in [1.29, 1.82) is 0 Å². The molecule has 0 atom stereocenters. The molecule has 0 spiro atoms. The minimum atomic E-state index is -0.174. The summed E-state index contributed by atoms with van der Waals surface area (Å²) in [7, 11) is 0. The average molecular weight is 262 g/mol. The van der Waals surface area contributed by atoms with Crippen LogP contribution in [0.25, 0.3) is 0 Å². The Balaban J connectivity index is 2.49. The van der Waals surface area contributed by atoms with Gasteiger partial charge in [0.2, 0.25) is 0 Å². The second kappa shape index (κ2) is 7.07. The van der Waals surface area contributed by atoms with Gasteiger partial charge in [-0.3, -0.25) is 9.59 Å². The van der Waals surface area contributed by atoms with E-state index in [9.17, 15) is 9.59 Å². The van der Waals surface area contributed by atoms with Gasteiger partial charge in [0.05, 0.1) is 12.5 Å². The van der Waals surface area contributed by atoms with Gasteiger partial charge in [0.1, 0.15) is 0 Å². The van der Waals surface area contributed by atoms with Crippen LogP contribution in [-0.4, -0.2) is 18.4 Å². The van der Waals surface area contributed by atoms with Gasteiger partial charge in [0.15, 0.2) is 5.78 Å². The van der Waals surface area contributed by atoms with Gasteiger partial charge in [-0.1, -0.05) is 52.0 Å². The average Bonchev–Trinajstić information content (AvgIpc) is 2.38. The predicted octanol–water partition coefficient (Wildman–Crippen LogP) is 3.27. The van der Waals surface area contributed by atoms with E-state index in [1.165, 1.54) is 0 Å². The SMILES string of the molecule is CC(C)C(=O)OCCc1ccc(C(=O)C(C)C)cc1. The molecule has 1 rings (SSSR count). The Morgan fingerprint density at radius 1 is 1.00 bits per heavy atom. The Morgan fingerprint density at radius 3 is 2.05 bits per heavy atom. The molecule has 0 N–H and O–H groups in total. The van der Waals surface area contributed by atoms with Crippen molar-refractivity contribution >= 4 is 11.8 Å². The highest BCUT2D eigenvalue weighted by Gasteiger charge is 2.10. The second-order valence-electron chi connectivity index (χ2n) is 5.29. The zero-order valence-electron chi connectivity index (χ0n) is 12.1. The van der Waals surface area contributed by atoms with Gasteiger partial charge >= 0.3 is 5.97 Å². The zero-order chi connectivity index (χ0) is 14.4. The number of Topliss-reactive ketones (excluding diaryl/α,β-unsaturated/α-hetero) is 1. The number of ether oxygens (including phenoxy) is 1. The van der Waals surface area contributed by atoms with E-state index in [1.807, 2.05) is 52.0 Å². The molecular formula is C16H22O3. The van der Waals surface area contributed by atoms with Crippen LogP contribution in [0.15, 0.2) is 24.3 Å². The number of esters is 1. The maximum atomic E-state index is 11.8. The first kappa shape index (κ1) is 15.4. The second-order valence-corrected chi connectivity index (χ2v) is 5.29. The lowest BCUT2D eigenvalue weighted by Gasteiger charge is -2.08. The number of benzene rings is 1. The summed E-state index contributed by atoms with van der Waals surface area (Å²) in [6.07, 6.45) is 0.675. The van der Waals surface area contributed by atoms with Crippen LogP contribution >= 0.6 is 0 Å². The molecule has 0 fully saturated rings. The standard InChI is InChI=1S/C16H22O3/c1-11(2)15(17)14-7-5-13(6-8-14)9-10-19-16(18)12(3)4/h5-8,11-12H,9-10H2,1-4H3. The molecule has 1 aromatic rings. The van der Waals surface area contributed by atoms with Gasteiger partial charge < -0.3 is 4.74 Å². The summed E-state index contributed by atoms with van der Waals surface area (Å²) in [4.78, 5) is 23.0. The highest BCUT2D eigenvalue weighted by Crippen LogP contribution is 2.11. The normalized spacial score (nSPS) is 10.8. The first-order valence-electron chi connectivity index (χ1n) is 6.71. The smallest absolute Gasteiger partial charge is 0.308 e. The van der Waals surface area contributed by atoms with Crippen LogP contribution in [0.2, 0.25) is 0 Å². The minimum absolute atomic E-state index is 0.0119. The summed E-state index contributed by atoms with van der Waals surface area (Å²) in [5, 5.41) is 0. The summed E-state index contributed by atoms with van der Waals surface area (Å²) in [6.45, 7) is 7.79. The van der Waals surface area contributed by atoms with E-state index in [-0.39, 0.29) is 23.6 Å². The quantitative estimate of drug-likeness (QED) is 0.583. The van der Waals surface area contributed by atoms with Crippen LogP contribution in [0.1, 0.15) is 43.6 Å². The van der Waals surface area contributed by atoms with E-state index in [0.717, 1.165) is 11.1 Å². The van der Waals surface area contributed by atoms with Crippen molar-refractivity contribution in [2.45, 2.75) is 34.1 Å². The largest absolute Gasteiger partial charge is 0.465 e. The van der Waals surface area contributed by atoms with Gasteiger partial charge in [0, 0.05) is 17.9 Å². The molecule has 104 valence electrons. The Bertz CT molecular complexity index is 430. The van der Waals surface area contributed by atoms with Crippen LogP contribution in [-0.2, 0) is 16.0 Å². The van der Waals surface area contributed by atoms with Gasteiger partial charge in [0.25, 0.3) is 0 Å². The molecule has 0 saturated heterocycles. The Morgan fingerprint density at radius 2 is 1.58 bits per heavy atom. The number of rotatable bonds is 6. The molecule has 0 aliphatic heterocycles. The molecule has 0 radical (unpaired) electrons. The topological polar surface area (TPSA) is 43.4 Å². The molecule has 3 nitrogen and oxygen atoms in total. The Kier molecular flexibility index (Phi) is 5.74. The predicted molar refractivity (Wildman–Crippen MR) is 75.1 cm³/mol. The minimum Gasteiger partial charge on any atom is -0.465 e. The van der Waals surface area contributed by atoms with Crippen LogP contribution < -0.4 is 0 Å². The first-order chi connectivity index (χ1) is 8.91. The van der Waals surface area contributed by atoms with Crippen LogP contribution in [0.5, 0.6) is 0 Å². The monoisotopic (exact) mass is 262 g/mol. The van der Waals surface area contributed by atoms with Gasteiger partial charge in [-0.25, -0.2) is 0 Å². The number of hydrogen-bond acceptors (Lipinski definition) is 3. The molecule has 0 heterocycles. The molecule has 0 amide bonds. The molecule has 0 unspecified atom stereocenters. The fourth-order valence-electron chi connectivity index (χ4n) is 1.61. The van der Waals surface area contributed by atoms with Crippen molar-refractivity contribution < 1.29 is 14.3 Å². The lowest BCUT2D eigenvalue weighted by atomic mass is 9.99. The highest BCUT2D eigenvalue weighted by atomic mass is 16.5. The highest BCUT2D eigenvalue weighted by molar-refractivity contribution is 5.97. The third-order valence-electron chi connectivity index (χ3n) is 2.87. The zero-order valence-corrected chi connectivity index (χ0v) is 12.1. The Hall–Kier alpha value is -1.64. The van der Waals surface area contributed by atoms with E-state index < -0.39 is 0 Å². The summed E-state index contributed by atoms with van der Waals surface area (Å²) >= 11 is 0. The summed E-state index contributed by atoms with van der Waals surface area (Å²) in [6, 6.07) is 7.50. The third-order valence-corrected chi connectivity index (χ3v) is 2.87. The van der Waals surface area contributed by atoms with Crippen LogP contribution in [0, 0.1) is 11.8 Å². The van der Waals surface area contributed by atoms with Crippen molar-refractivity contribution in [1.82, 2.24) is 0 Å². The van der Waals surface area contributed by atoms with E-state index >= 15 is 0 Å². The number of hydrogen-bond donors (Lipinski definition) is 0. The van der Waals surface area contributed by atoms with E-state index in [0.29, 0.717) is 13.0 Å². The van der Waals surface area contributed by atoms with Gasteiger partial charge in [-0.2, -0.15) is 0 Å². The van der Waals surface area contributed by atoms with E-state index in [4.69, 9.17) is 4.74 Å². The maximum absolute atomic E-state index is 11.8. The van der Waals surface area contributed by atoms with Crippen molar-refractivity contribution in [3.05, 3.63) is 35.4 Å². The van der Waals surface area contributed by atoms with Crippen molar-refractivity contribution in [3.8, 4) is 0 Å². The first-order valence-corrected chi connectivity index (χ1v) is 6.71. The van der Waals surface area contributed by atoms with Crippen molar-refractivity contribution in [2.75, 3.05) is 6.61 Å². The molecule has 3 heteroatoms. The molecule has 0 aliphatic carbocycles. The molecule has 1 aromatic carbocycles. The Labute approximate surface area is 115 Å². The third kappa shape index (κ3) is 4.86. The molecule has 0 saturated carbocycles. The maximum Gasteiger partial charge on any atom is 0.308 e. The summed E-state index contributed by atoms with van der Waals surface area (Å²) in [5.74, 6) is -0.103. The molecule has 0 bridgehead atoms.